The normalized spacial score (nSPS) is 15.4. The van der Waals surface area contributed by atoms with E-state index in [1.54, 1.807) is 6.21 Å². The number of thiazole rings is 1. The fourth-order valence-electron chi connectivity index (χ4n) is 2.31. The molecule has 0 radical (unpaired) electrons. The summed E-state index contributed by atoms with van der Waals surface area (Å²) in [5.74, 6) is 0.288. The largest absolute Gasteiger partial charge is 0.509 e. The second kappa shape index (κ2) is 5.96. The maximum Gasteiger partial charge on any atom is 0.155 e. The molecule has 2 aromatic rings. The highest BCUT2D eigenvalue weighted by atomic mass is 32.1. The lowest BCUT2D eigenvalue weighted by atomic mass is 10.2. The van der Waals surface area contributed by atoms with E-state index in [2.05, 4.69) is 15.2 Å². The Morgan fingerprint density at radius 3 is 2.87 bits per heavy atom. The number of nitrogens with zero attached hydrogens (tertiary/aromatic N) is 5. The molecule has 23 heavy (non-hydrogen) atoms. The van der Waals surface area contributed by atoms with Crippen LogP contribution in [0.2, 0.25) is 0 Å². The summed E-state index contributed by atoms with van der Waals surface area (Å²) in [7, 11) is 0. The number of aromatic nitrogens is 3. The van der Waals surface area contributed by atoms with Crippen LogP contribution in [-0.2, 0) is 6.54 Å². The second-order valence-corrected chi connectivity index (χ2v) is 6.15. The summed E-state index contributed by atoms with van der Waals surface area (Å²) in [6, 6.07) is 0. The van der Waals surface area contributed by atoms with Gasteiger partial charge in [-0.1, -0.05) is 0 Å². The molecule has 0 atom stereocenters. The van der Waals surface area contributed by atoms with Crippen LogP contribution in [0, 0.1) is 19.3 Å². The molecule has 0 aliphatic carbocycles. The fraction of sp³-hybridized carbons (Fsp3) is 0.333. The number of aliphatic hydroxyl groups is 1. The van der Waals surface area contributed by atoms with E-state index in [-0.39, 0.29) is 18.1 Å². The number of hydrogen-bond acceptors (Lipinski definition) is 6. The van der Waals surface area contributed by atoms with Gasteiger partial charge in [0, 0.05) is 29.4 Å². The number of amidine groups is 1. The first-order valence-electron chi connectivity index (χ1n) is 7.28. The zero-order chi connectivity index (χ0) is 16.6. The van der Waals surface area contributed by atoms with Gasteiger partial charge in [0.1, 0.15) is 17.3 Å². The molecule has 0 unspecified atom stereocenters. The van der Waals surface area contributed by atoms with Gasteiger partial charge < -0.3 is 5.11 Å². The minimum atomic E-state index is 0.127. The Hall–Kier alpha value is -2.48. The molecule has 0 bridgehead atoms. The quantitative estimate of drug-likeness (QED) is 0.843. The van der Waals surface area contributed by atoms with Crippen LogP contribution in [0.5, 0.6) is 0 Å². The molecular formula is C15H18N6OS. The van der Waals surface area contributed by atoms with Crippen molar-refractivity contribution in [2.75, 3.05) is 6.54 Å². The number of aliphatic hydroxyl groups excluding tert-OH is 1. The highest BCUT2D eigenvalue weighted by Crippen LogP contribution is 2.29. The summed E-state index contributed by atoms with van der Waals surface area (Å²) in [6.45, 7) is 6.81. The van der Waals surface area contributed by atoms with Gasteiger partial charge >= 0.3 is 0 Å². The van der Waals surface area contributed by atoms with Crippen LogP contribution in [0.15, 0.2) is 22.4 Å². The van der Waals surface area contributed by atoms with Crippen LogP contribution in [0.4, 0.5) is 0 Å². The molecule has 0 saturated heterocycles. The molecule has 0 spiro atoms. The molecule has 1 aliphatic rings. The maximum absolute atomic E-state index is 10.2. The molecular weight excluding hydrogens is 312 g/mol. The van der Waals surface area contributed by atoms with Gasteiger partial charge in [-0.25, -0.2) is 9.99 Å². The van der Waals surface area contributed by atoms with E-state index in [1.807, 2.05) is 37.0 Å². The van der Waals surface area contributed by atoms with Crippen molar-refractivity contribution in [3.63, 3.8) is 0 Å². The molecule has 2 N–H and O–H groups in total. The van der Waals surface area contributed by atoms with Crippen molar-refractivity contribution in [1.82, 2.24) is 19.8 Å². The van der Waals surface area contributed by atoms with Crippen LogP contribution in [0.3, 0.4) is 0 Å². The summed E-state index contributed by atoms with van der Waals surface area (Å²) in [6.07, 6.45) is 3.59. The van der Waals surface area contributed by atoms with Crippen molar-refractivity contribution in [2.24, 2.45) is 5.10 Å². The minimum absolute atomic E-state index is 0.127. The first-order valence-corrected chi connectivity index (χ1v) is 8.16. The molecule has 3 heterocycles. The zero-order valence-electron chi connectivity index (χ0n) is 13.2. The lowest BCUT2D eigenvalue weighted by molar-refractivity contribution is 0.358. The number of aryl methyl sites for hydroxylation is 3. The molecule has 120 valence electrons. The third-order valence-electron chi connectivity index (χ3n) is 3.56. The molecule has 8 heteroatoms. The van der Waals surface area contributed by atoms with Crippen molar-refractivity contribution in [3.05, 3.63) is 39.3 Å². The van der Waals surface area contributed by atoms with Gasteiger partial charge in [-0.15, -0.1) is 11.3 Å². The molecule has 3 rings (SSSR count). The zero-order valence-corrected chi connectivity index (χ0v) is 14.1. The lowest BCUT2D eigenvalue weighted by Gasteiger charge is -2.10. The summed E-state index contributed by atoms with van der Waals surface area (Å²) >= 11 is 1.42. The Morgan fingerprint density at radius 1 is 1.48 bits per heavy atom. The molecule has 1 aliphatic heterocycles. The van der Waals surface area contributed by atoms with Crippen LogP contribution < -0.4 is 0 Å². The molecule has 7 nitrogen and oxygen atoms in total. The van der Waals surface area contributed by atoms with Crippen LogP contribution >= 0.6 is 11.3 Å². The number of nitrogens with one attached hydrogen (secondary N) is 1. The summed E-state index contributed by atoms with van der Waals surface area (Å²) in [5.41, 5.74) is 3.12. The molecule has 0 fully saturated rings. The second-order valence-electron chi connectivity index (χ2n) is 5.29. The Kier molecular flexibility index (Phi) is 3.99. The summed E-state index contributed by atoms with van der Waals surface area (Å²) in [4.78, 5) is 4.34. The van der Waals surface area contributed by atoms with Gasteiger partial charge in [0.2, 0.25) is 0 Å². The Morgan fingerprint density at radius 2 is 2.26 bits per heavy atom. The van der Waals surface area contributed by atoms with Gasteiger partial charge in [-0.2, -0.15) is 10.2 Å². The molecule has 0 amide bonds. The van der Waals surface area contributed by atoms with E-state index < -0.39 is 0 Å². The third-order valence-corrected chi connectivity index (χ3v) is 4.54. The molecule has 2 aromatic heterocycles. The van der Waals surface area contributed by atoms with Crippen LogP contribution in [0.1, 0.15) is 28.9 Å². The monoisotopic (exact) mass is 330 g/mol. The topological polar surface area (TPSA) is 90.4 Å². The Labute approximate surface area is 138 Å². The summed E-state index contributed by atoms with van der Waals surface area (Å²) in [5, 5.41) is 31.1. The average molecular weight is 330 g/mol. The standard InChI is InChI=1S/C15H18N6OS/c1-4-20-6-11(10(3)19-20)5-17-21-7-12(22)13(14(21)16)15-18-9(2)8-23-15/h5-6,8,16,22H,4,7H2,1-3H3/b16-14?,17-5-. The van der Waals surface area contributed by atoms with E-state index >= 15 is 0 Å². The Bertz CT molecular complexity index is 816. The predicted molar refractivity (Wildman–Crippen MR) is 91.1 cm³/mol. The first-order chi connectivity index (χ1) is 11.0. The summed E-state index contributed by atoms with van der Waals surface area (Å²) < 4.78 is 1.84. The van der Waals surface area contributed by atoms with E-state index in [1.165, 1.54) is 16.3 Å². The average Bonchev–Trinajstić information content (AvgIpc) is 3.16. The van der Waals surface area contributed by atoms with Gasteiger partial charge in [-0.05, 0) is 20.8 Å². The number of rotatable bonds is 4. The van der Waals surface area contributed by atoms with Crippen molar-refractivity contribution in [1.29, 1.82) is 5.41 Å². The van der Waals surface area contributed by atoms with Crippen molar-refractivity contribution >= 4 is 29.0 Å². The minimum Gasteiger partial charge on any atom is -0.509 e. The third kappa shape index (κ3) is 2.89. The molecule has 0 saturated carbocycles. The van der Waals surface area contributed by atoms with E-state index in [0.29, 0.717) is 10.6 Å². The van der Waals surface area contributed by atoms with Crippen LogP contribution in [0.25, 0.3) is 5.57 Å². The Balaban J connectivity index is 1.80. The lowest BCUT2D eigenvalue weighted by Crippen LogP contribution is -2.20. The van der Waals surface area contributed by atoms with Gasteiger partial charge in [0.15, 0.2) is 5.84 Å². The van der Waals surface area contributed by atoms with Crippen molar-refractivity contribution in [2.45, 2.75) is 27.3 Å². The first kappa shape index (κ1) is 15.4. The van der Waals surface area contributed by atoms with E-state index in [9.17, 15) is 5.11 Å². The van der Waals surface area contributed by atoms with Gasteiger partial charge in [0.25, 0.3) is 0 Å². The maximum atomic E-state index is 10.2. The highest BCUT2D eigenvalue weighted by Gasteiger charge is 2.30. The fourth-order valence-corrected chi connectivity index (χ4v) is 3.18. The van der Waals surface area contributed by atoms with Crippen molar-refractivity contribution in [3.8, 4) is 0 Å². The van der Waals surface area contributed by atoms with Gasteiger partial charge in [0.05, 0.1) is 17.5 Å². The SMILES string of the molecule is CCn1cc(/C=N\N2CC(O)=C(c3nc(C)cs3)C2=N)c(C)n1. The predicted octanol–water partition coefficient (Wildman–Crippen LogP) is 2.57. The number of hydrogen-bond donors (Lipinski definition) is 2. The number of hydrazone groups is 1. The van der Waals surface area contributed by atoms with E-state index in [0.717, 1.165) is 23.5 Å². The van der Waals surface area contributed by atoms with Crippen LogP contribution in [-0.4, -0.2) is 43.5 Å². The van der Waals surface area contributed by atoms with Crippen molar-refractivity contribution < 1.29 is 5.11 Å². The highest BCUT2D eigenvalue weighted by molar-refractivity contribution is 7.11. The smallest absolute Gasteiger partial charge is 0.155 e. The molecule has 0 aromatic carbocycles. The van der Waals surface area contributed by atoms with E-state index in [4.69, 9.17) is 5.41 Å². The van der Waals surface area contributed by atoms with Gasteiger partial charge in [-0.3, -0.25) is 10.1 Å².